The molecule has 0 saturated carbocycles. The lowest BCUT2D eigenvalue weighted by molar-refractivity contribution is -0.119. The number of carbonyl (C=O) groups is 2. The Labute approximate surface area is 164 Å². The van der Waals surface area contributed by atoms with Crippen LogP contribution in [0.15, 0.2) is 64.2 Å². The number of thioether (sulfide) groups is 1. The molecule has 0 atom stereocenters. The Bertz CT molecular complexity index is 916. The minimum atomic E-state index is -0.437. The molecule has 0 bridgehead atoms. The zero-order chi connectivity index (χ0) is 19.1. The van der Waals surface area contributed by atoms with E-state index in [4.69, 9.17) is 16.0 Å². The van der Waals surface area contributed by atoms with E-state index in [2.05, 4.69) is 21.0 Å². The Hall–Kier alpha value is -2.84. The first-order chi connectivity index (χ1) is 13.1. The van der Waals surface area contributed by atoms with Crippen LogP contribution in [0.1, 0.15) is 21.8 Å². The molecule has 27 heavy (non-hydrogen) atoms. The number of carbonyl (C=O) groups excluding carboxylic acids is 2. The van der Waals surface area contributed by atoms with E-state index in [1.54, 1.807) is 24.3 Å². The first kappa shape index (κ1) is 18.9. The Morgan fingerprint density at radius 1 is 1.00 bits per heavy atom. The third kappa shape index (κ3) is 5.83. The SMILES string of the molecule is O=C(CSc1nnc(Cc2ccccc2)o1)NNC(=O)c1ccc(Cl)cc1. The van der Waals surface area contributed by atoms with Gasteiger partial charge in [0.1, 0.15) is 0 Å². The van der Waals surface area contributed by atoms with Crippen molar-refractivity contribution in [2.75, 3.05) is 5.75 Å². The second-order valence-electron chi connectivity index (χ2n) is 5.42. The van der Waals surface area contributed by atoms with Crippen LogP contribution < -0.4 is 10.9 Å². The molecule has 0 aliphatic carbocycles. The maximum atomic E-state index is 11.9. The molecule has 3 rings (SSSR count). The second kappa shape index (κ2) is 9.20. The van der Waals surface area contributed by atoms with E-state index in [-0.39, 0.29) is 5.75 Å². The summed E-state index contributed by atoms with van der Waals surface area (Å²) >= 11 is 6.85. The van der Waals surface area contributed by atoms with Gasteiger partial charge in [0.05, 0.1) is 12.2 Å². The molecule has 7 nitrogen and oxygen atoms in total. The van der Waals surface area contributed by atoms with Crippen molar-refractivity contribution >= 4 is 35.2 Å². The molecule has 2 N–H and O–H groups in total. The molecule has 9 heteroatoms. The monoisotopic (exact) mass is 402 g/mol. The number of hydrazine groups is 1. The molecule has 0 saturated heterocycles. The topological polar surface area (TPSA) is 97.1 Å². The Morgan fingerprint density at radius 2 is 1.74 bits per heavy atom. The number of benzene rings is 2. The van der Waals surface area contributed by atoms with E-state index in [0.717, 1.165) is 17.3 Å². The Morgan fingerprint density at radius 3 is 2.48 bits per heavy atom. The van der Waals surface area contributed by atoms with E-state index in [0.29, 0.717) is 28.1 Å². The van der Waals surface area contributed by atoms with Gasteiger partial charge < -0.3 is 4.42 Å². The van der Waals surface area contributed by atoms with Crippen LogP contribution in [0.5, 0.6) is 0 Å². The first-order valence-corrected chi connectivity index (χ1v) is 9.30. The van der Waals surface area contributed by atoms with Crippen molar-refractivity contribution in [3.63, 3.8) is 0 Å². The van der Waals surface area contributed by atoms with E-state index in [1.165, 1.54) is 0 Å². The van der Waals surface area contributed by atoms with Crippen LogP contribution in [-0.2, 0) is 11.2 Å². The zero-order valence-electron chi connectivity index (χ0n) is 14.0. The smallest absolute Gasteiger partial charge is 0.277 e. The molecular formula is C18H15ClN4O3S. The Balaban J connectivity index is 1.42. The molecule has 0 radical (unpaired) electrons. The fourth-order valence-corrected chi connectivity index (χ4v) is 2.81. The average Bonchev–Trinajstić information content (AvgIpc) is 3.13. The highest BCUT2D eigenvalue weighted by atomic mass is 35.5. The predicted octanol–water partition coefficient (Wildman–Crippen LogP) is 2.87. The Kier molecular flexibility index (Phi) is 6.45. The highest BCUT2D eigenvalue weighted by molar-refractivity contribution is 7.99. The maximum Gasteiger partial charge on any atom is 0.277 e. The van der Waals surface area contributed by atoms with Crippen LogP contribution in [0.25, 0.3) is 0 Å². The van der Waals surface area contributed by atoms with Crippen LogP contribution in [0.2, 0.25) is 5.02 Å². The van der Waals surface area contributed by atoms with Crippen LogP contribution >= 0.6 is 23.4 Å². The quantitative estimate of drug-likeness (QED) is 0.486. The summed E-state index contributed by atoms with van der Waals surface area (Å²) < 4.78 is 5.50. The number of amides is 2. The summed E-state index contributed by atoms with van der Waals surface area (Å²) in [6.07, 6.45) is 0.526. The predicted molar refractivity (Wildman–Crippen MR) is 101 cm³/mol. The molecule has 0 spiro atoms. The minimum absolute atomic E-state index is 0.0217. The summed E-state index contributed by atoms with van der Waals surface area (Å²) in [7, 11) is 0. The molecular weight excluding hydrogens is 388 g/mol. The van der Waals surface area contributed by atoms with Crippen molar-refractivity contribution in [2.45, 2.75) is 11.6 Å². The second-order valence-corrected chi connectivity index (χ2v) is 6.78. The summed E-state index contributed by atoms with van der Waals surface area (Å²) in [6, 6.07) is 16.0. The van der Waals surface area contributed by atoms with Crippen LogP contribution in [0.4, 0.5) is 0 Å². The van der Waals surface area contributed by atoms with Crippen molar-refractivity contribution in [1.82, 2.24) is 21.0 Å². The van der Waals surface area contributed by atoms with Gasteiger partial charge in [-0.3, -0.25) is 20.4 Å². The number of nitrogens with one attached hydrogen (secondary N) is 2. The third-order valence-corrected chi connectivity index (χ3v) is 4.47. The standard InChI is InChI=1S/C18H15ClN4O3S/c19-14-8-6-13(7-9-14)17(25)22-20-15(24)11-27-18-23-21-16(26-18)10-12-4-2-1-3-5-12/h1-9H,10-11H2,(H,20,24)(H,22,25). The summed E-state index contributed by atoms with van der Waals surface area (Å²) in [6.45, 7) is 0. The largest absolute Gasteiger partial charge is 0.416 e. The van der Waals surface area contributed by atoms with Gasteiger partial charge in [0.15, 0.2) is 0 Å². The zero-order valence-corrected chi connectivity index (χ0v) is 15.6. The van der Waals surface area contributed by atoms with Gasteiger partial charge in [0.25, 0.3) is 11.1 Å². The fourth-order valence-electron chi connectivity index (χ4n) is 2.10. The summed E-state index contributed by atoms with van der Waals surface area (Å²) in [5.74, 6) is -0.341. The maximum absolute atomic E-state index is 11.9. The van der Waals surface area contributed by atoms with Crippen LogP contribution in [0.3, 0.4) is 0 Å². The molecule has 0 fully saturated rings. The van der Waals surface area contributed by atoms with Gasteiger partial charge >= 0.3 is 0 Å². The van der Waals surface area contributed by atoms with Crippen molar-refractivity contribution in [1.29, 1.82) is 0 Å². The van der Waals surface area contributed by atoms with Gasteiger partial charge in [-0.25, -0.2) is 0 Å². The van der Waals surface area contributed by atoms with E-state index < -0.39 is 11.8 Å². The van der Waals surface area contributed by atoms with Crippen LogP contribution in [-0.4, -0.2) is 27.8 Å². The average molecular weight is 403 g/mol. The lowest BCUT2D eigenvalue weighted by Gasteiger charge is -2.06. The normalized spacial score (nSPS) is 10.4. The molecule has 2 aromatic carbocycles. The molecule has 1 aromatic heterocycles. The first-order valence-electron chi connectivity index (χ1n) is 7.94. The highest BCUT2D eigenvalue weighted by Gasteiger charge is 2.11. The summed E-state index contributed by atoms with van der Waals surface area (Å²) in [5, 5.41) is 8.68. The number of hydrogen-bond donors (Lipinski definition) is 2. The fraction of sp³-hybridized carbons (Fsp3) is 0.111. The van der Waals surface area contributed by atoms with E-state index in [9.17, 15) is 9.59 Å². The van der Waals surface area contributed by atoms with Crippen molar-refractivity contribution in [3.8, 4) is 0 Å². The van der Waals surface area contributed by atoms with Gasteiger partial charge in [-0.15, -0.1) is 10.2 Å². The lowest BCUT2D eigenvalue weighted by Crippen LogP contribution is -2.42. The number of aromatic nitrogens is 2. The number of halogens is 1. The molecule has 0 aliphatic heterocycles. The number of hydrogen-bond acceptors (Lipinski definition) is 6. The number of rotatable bonds is 6. The molecule has 3 aromatic rings. The van der Waals surface area contributed by atoms with Gasteiger partial charge in [-0.1, -0.05) is 53.7 Å². The molecule has 2 amide bonds. The third-order valence-electron chi connectivity index (χ3n) is 3.40. The number of nitrogens with zero attached hydrogens (tertiary/aromatic N) is 2. The van der Waals surface area contributed by atoms with Crippen molar-refractivity contribution < 1.29 is 14.0 Å². The molecule has 0 unspecified atom stereocenters. The van der Waals surface area contributed by atoms with E-state index >= 15 is 0 Å². The molecule has 138 valence electrons. The highest BCUT2D eigenvalue weighted by Crippen LogP contribution is 2.17. The minimum Gasteiger partial charge on any atom is -0.416 e. The van der Waals surface area contributed by atoms with E-state index in [1.807, 2.05) is 30.3 Å². The van der Waals surface area contributed by atoms with Crippen molar-refractivity contribution in [2.24, 2.45) is 0 Å². The molecule has 0 aliphatic rings. The van der Waals surface area contributed by atoms with Crippen molar-refractivity contribution in [3.05, 3.63) is 76.6 Å². The van der Waals surface area contributed by atoms with Gasteiger partial charge in [-0.05, 0) is 29.8 Å². The van der Waals surface area contributed by atoms with Crippen LogP contribution in [0, 0.1) is 0 Å². The van der Waals surface area contributed by atoms with Gasteiger partial charge in [-0.2, -0.15) is 0 Å². The summed E-state index contributed by atoms with van der Waals surface area (Å²) in [4.78, 5) is 23.7. The summed E-state index contributed by atoms with van der Waals surface area (Å²) in [5.41, 5.74) is 6.10. The lowest BCUT2D eigenvalue weighted by atomic mass is 10.2. The van der Waals surface area contributed by atoms with Gasteiger partial charge in [0.2, 0.25) is 11.8 Å². The van der Waals surface area contributed by atoms with Gasteiger partial charge in [0, 0.05) is 10.6 Å². The molecule has 1 heterocycles.